The molecule has 4 rings (SSSR count). The Kier molecular flexibility index (Phi) is 5.43. The highest BCUT2D eigenvalue weighted by molar-refractivity contribution is 9.10. The van der Waals surface area contributed by atoms with Gasteiger partial charge in [0.05, 0.1) is 5.52 Å². The first kappa shape index (κ1) is 18.7. The highest BCUT2D eigenvalue weighted by Gasteiger charge is 2.24. The molecule has 3 N–H and O–H groups in total. The van der Waals surface area contributed by atoms with Gasteiger partial charge in [0.25, 0.3) is 0 Å². The lowest BCUT2D eigenvalue weighted by molar-refractivity contribution is -0.122. The Morgan fingerprint density at radius 3 is 2.79 bits per heavy atom. The van der Waals surface area contributed by atoms with Crippen molar-refractivity contribution in [1.82, 2.24) is 9.97 Å². The molecule has 0 saturated carbocycles. The average molecular weight is 440 g/mol. The van der Waals surface area contributed by atoms with Crippen molar-refractivity contribution in [3.63, 3.8) is 0 Å². The molecule has 1 aliphatic rings. The van der Waals surface area contributed by atoms with Gasteiger partial charge in [-0.2, -0.15) is 0 Å². The molecule has 2 aromatic heterocycles. The van der Waals surface area contributed by atoms with E-state index in [4.69, 9.17) is 10.7 Å². The van der Waals surface area contributed by atoms with Crippen LogP contribution < -0.4 is 16.0 Å². The van der Waals surface area contributed by atoms with Gasteiger partial charge in [-0.05, 0) is 53.0 Å². The number of nitrogens with zero attached hydrogens (tertiary/aromatic N) is 3. The van der Waals surface area contributed by atoms with E-state index in [9.17, 15) is 4.79 Å². The van der Waals surface area contributed by atoms with E-state index in [-0.39, 0.29) is 11.8 Å². The van der Waals surface area contributed by atoms with Gasteiger partial charge in [-0.1, -0.05) is 18.2 Å². The number of nitrogens with two attached hydrogens (primary N) is 1. The number of carbonyl (C=O) groups is 1. The second-order valence-electron chi connectivity index (χ2n) is 7.01. The molecular weight excluding hydrogens is 418 g/mol. The Morgan fingerprint density at radius 1 is 1.18 bits per heavy atom. The van der Waals surface area contributed by atoms with E-state index in [2.05, 4.69) is 43.3 Å². The first-order valence-corrected chi connectivity index (χ1v) is 10.2. The van der Waals surface area contributed by atoms with E-state index in [1.54, 1.807) is 0 Å². The van der Waals surface area contributed by atoms with Gasteiger partial charge in [0.2, 0.25) is 5.91 Å². The number of nitrogens with one attached hydrogen (secondary N) is 1. The Labute approximate surface area is 172 Å². The second kappa shape index (κ2) is 8.14. The summed E-state index contributed by atoms with van der Waals surface area (Å²) in [5.74, 6) is 1.56. The Balaban J connectivity index is 1.49. The Morgan fingerprint density at radius 2 is 2.00 bits per heavy atom. The zero-order chi connectivity index (χ0) is 19.5. The largest absolute Gasteiger partial charge is 0.369 e. The number of anilines is 2. The predicted molar refractivity (Wildman–Crippen MR) is 115 cm³/mol. The summed E-state index contributed by atoms with van der Waals surface area (Å²) < 4.78 is 0.980. The number of fused-ring (bicyclic) bond motifs is 1. The summed E-state index contributed by atoms with van der Waals surface area (Å²) in [4.78, 5) is 23.0. The number of amides is 1. The first-order valence-electron chi connectivity index (χ1n) is 9.39. The molecule has 0 bridgehead atoms. The SMILES string of the molecule is NC(=O)C1CCN(c2ncccc2CNc2ccc3cccc(Br)c3n2)CC1. The smallest absolute Gasteiger partial charge is 0.220 e. The van der Waals surface area contributed by atoms with Crippen LogP contribution in [0.4, 0.5) is 11.6 Å². The third-order valence-corrected chi connectivity index (χ3v) is 5.84. The van der Waals surface area contributed by atoms with Crippen molar-refractivity contribution in [1.29, 1.82) is 0 Å². The summed E-state index contributed by atoms with van der Waals surface area (Å²) in [6, 6.07) is 14.1. The molecule has 1 saturated heterocycles. The van der Waals surface area contributed by atoms with Crippen LogP contribution in [-0.4, -0.2) is 29.0 Å². The zero-order valence-electron chi connectivity index (χ0n) is 15.4. The van der Waals surface area contributed by atoms with Crippen LogP contribution in [0.1, 0.15) is 18.4 Å². The summed E-state index contributed by atoms with van der Waals surface area (Å²) in [5, 5.41) is 4.51. The van der Waals surface area contributed by atoms with Crippen LogP contribution in [0.3, 0.4) is 0 Å². The van der Waals surface area contributed by atoms with Gasteiger partial charge in [0.1, 0.15) is 11.6 Å². The van der Waals surface area contributed by atoms with Gasteiger partial charge >= 0.3 is 0 Å². The standard InChI is InChI=1S/C21H22BrN5O/c22-17-5-1-3-14-6-7-18(26-19(14)17)25-13-16-4-2-10-24-21(16)27-11-8-15(9-12-27)20(23)28/h1-7,10,15H,8-9,11-13H2,(H2,23,28)(H,25,26). The fourth-order valence-corrected chi connectivity index (χ4v) is 4.09. The van der Waals surface area contributed by atoms with E-state index < -0.39 is 0 Å². The van der Waals surface area contributed by atoms with Gasteiger partial charge in [-0.15, -0.1) is 0 Å². The van der Waals surface area contributed by atoms with Crippen molar-refractivity contribution in [2.45, 2.75) is 19.4 Å². The minimum atomic E-state index is -0.198. The maximum Gasteiger partial charge on any atom is 0.220 e. The van der Waals surface area contributed by atoms with Crippen molar-refractivity contribution >= 4 is 44.4 Å². The third-order valence-electron chi connectivity index (χ3n) is 5.20. The summed E-state index contributed by atoms with van der Waals surface area (Å²) in [6.45, 7) is 2.21. The normalized spacial score (nSPS) is 15.0. The quantitative estimate of drug-likeness (QED) is 0.632. The van der Waals surface area contributed by atoms with Crippen molar-refractivity contribution in [2.24, 2.45) is 11.7 Å². The molecule has 1 aliphatic heterocycles. The predicted octanol–water partition coefficient (Wildman–Crippen LogP) is 3.71. The minimum absolute atomic E-state index is 0.0261. The van der Waals surface area contributed by atoms with Gasteiger partial charge in [0, 0.05) is 47.2 Å². The van der Waals surface area contributed by atoms with Crippen LogP contribution in [0.5, 0.6) is 0 Å². The van der Waals surface area contributed by atoms with Crippen LogP contribution in [-0.2, 0) is 11.3 Å². The van der Waals surface area contributed by atoms with E-state index in [1.165, 1.54) is 0 Å². The summed E-state index contributed by atoms with van der Waals surface area (Å²) in [7, 11) is 0. The van der Waals surface area contributed by atoms with Crippen LogP contribution >= 0.6 is 15.9 Å². The monoisotopic (exact) mass is 439 g/mol. The molecule has 0 spiro atoms. The summed E-state index contributed by atoms with van der Waals surface area (Å²) in [6.07, 6.45) is 3.36. The van der Waals surface area contributed by atoms with Crippen LogP contribution in [0, 0.1) is 5.92 Å². The number of carbonyl (C=O) groups excluding carboxylic acids is 1. The van der Waals surface area contributed by atoms with Crippen LogP contribution in [0.25, 0.3) is 10.9 Å². The van der Waals surface area contributed by atoms with E-state index in [0.29, 0.717) is 6.54 Å². The minimum Gasteiger partial charge on any atom is -0.369 e. The highest BCUT2D eigenvalue weighted by atomic mass is 79.9. The summed E-state index contributed by atoms with van der Waals surface area (Å²) in [5.41, 5.74) is 7.49. The van der Waals surface area contributed by atoms with Gasteiger partial charge in [0.15, 0.2) is 0 Å². The number of benzene rings is 1. The number of primary amides is 1. The summed E-state index contributed by atoms with van der Waals surface area (Å²) >= 11 is 3.57. The molecule has 7 heteroatoms. The fourth-order valence-electron chi connectivity index (χ4n) is 3.62. The third kappa shape index (κ3) is 3.94. The zero-order valence-corrected chi connectivity index (χ0v) is 17.0. The number of piperidine rings is 1. The Hall–Kier alpha value is -2.67. The lowest BCUT2D eigenvalue weighted by Crippen LogP contribution is -2.39. The lowest BCUT2D eigenvalue weighted by Gasteiger charge is -2.32. The van der Waals surface area contributed by atoms with Crippen LogP contribution in [0.15, 0.2) is 53.1 Å². The highest BCUT2D eigenvalue weighted by Crippen LogP contribution is 2.26. The molecule has 0 aliphatic carbocycles. The van der Waals surface area contributed by atoms with Crippen LogP contribution in [0.2, 0.25) is 0 Å². The lowest BCUT2D eigenvalue weighted by atomic mass is 9.96. The molecule has 0 atom stereocenters. The number of hydrogen-bond donors (Lipinski definition) is 2. The molecule has 1 aromatic carbocycles. The number of rotatable bonds is 5. The second-order valence-corrected chi connectivity index (χ2v) is 7.87. The number of aromatic nitrogens is 2. The van der Waals surface area contributed by atoms with Gasteiger partial charge < -0.3 is 16.0 Å². The molecule has 1 fully saturated rings. The molecule has 6 nitrogen and oxygen atoms in total. The first-order chi connectivity index (χ1) is 13.6. The number of pyridine rings is 2. The molecule has 3 heterocycles. The number of hydrogen-bond acceptors (Lipinski definition) is 5. The number of para-hydroxylation sites is 1. The van der Waals surface area contributed by atoms with Crippen molar-refractivity contribution in [3.8, 4) is 0 Å². The average Bonchev–Trinajstić information content (AvgIpc) is 2.73. The fraction of sp³-hybridized carbons (Fsp3) is 0.286. The molecule has 144 valence electrons. The molecule has 3 aromatic rings. The van der Waals surface area contributed by atoms with E-state index >= 15 is 0 Å². The molecule has 0 radical (unpaired) electrons. The molecule has 28 heavy (non-hydrogen) atoms. The number of halogens is 1. The maximum absolute atomic E-state index is 11.4. The van der Waals surface area contributed by atoms with Crippen molar-refractivity contribution in [2.75, 3.05) is 23.3 Å². The molecule has 1 amide bonds. The van der Waals surface area contributed by atoms with Gasteiger partial charge in [-0.25, -0.2) is 9.97 Å². The molecular formula is C21H22BrN5O. The topological polar surface area (TPSA) is 84.1 Å². The van der Waals surface area contributed by atoms with Gasteiger partial charge in [-0.3, -0.25) is 4.79 Å². The van der Waals surface area contributed by atoms with E-state index in [0.717, 1.165) is 58.5 Å². The Bertz CT molecular complexity index is 1000. The van der Waals surface area contributed by atoms with Crippen molar-refractivity contribution < 1.29 is 4.79 Å². The van der Waals surface area contributed by atoms with Crippen molar-refractivity contribution in [3.05, 3.63) is 58.7 Å². The van der Waals surface area contributed by atoms with E-state index in [1.807, 2.05) is 36.5 Å². The maximum atomic E-state index is 11.4. The molecule has 0 unspecified atom stereocenters.